The van der Waals surface area contributed by atoms with E-state index in [1.807, 2.05) is 0 Å². The average molecular weight is 466 g/mol. The fraction of sp³-hybridized carbons (Fsp3) is 0.455. The van der Waals surface area contributed by atoms with Crippen molar-refractivity contribution in [1.82, 2.24) is 0 Å². The summed E-state index contributed by atoms with van der Waals surface area (Å²) in [5.74, 6) is -1.02. The SMILES string of the molecule is C[C@H](c1ccc(F)cc1)[C@H](OCC[NH-])O[C@H](C)C1=CC(C(F)(F)F)=CCC(C(F)(F)F)=C1. The molecule has 1 aromatic carbocycles. The summed E-state index contributed by atoms with van der Waals surface area (Å²) in [5, 5.41) is 0. The number of nitrogens with one attached hydrogen (secondary N) is 1. The number of ether oxygens (including phenoxy) is 2. The van der Waals surface area contributed by atoms with Gasteiger partial charge in [-0.05, 0) is 48.8 Å². The minimum absolute atomic E-state index is 0.0701. The Morgan fingerprint density at radius 3 is 2.12 bits per heavy atom. The van der Waals surface area contributed by atoms with Crippen LogP contribution in [0.15, 0.2) is 59.2 Å². The molecule has 32 heavy (non-hydrogen) atoms. The van der Waals surface area contributed by atoms with E-state index in [1.54, 1.807) is 6.92 Å². The number of hydrogen-bond acceptors (Lipinski definition) is 2. The molecule has 10 heteroatoms. The molecule has 0 aromatic heterocycles. The van der Waals surface area contributed by atoms with Crippen LogP contribution in [0.4, 0.5) is 30.7 Å². The molecule has 0 radical (unpaired) electrons. The highest BCUT2D eigenvalue weighted by atomic mass is 19.4. The van der Waals surface area contributed by atoms with Crippen LogP contribution in [0.25, 0.3) is 5.73 Å². The zero-order valence-electron chi connectivity index (χ0n) is 17.4. The smallest absolute Gasteiger partial charge is 0.416 e. The Bertz CT molecular complexity index is 855. The van der Waals surface area contributed by atoms with Crippen LogP contribution < -0.4 is 0 Å². The summed E-state index contributed by atoms with van der Waals surface area (Å²) in [6, 6.07) is 5.37. The van der Waals surface area contributed by atoms with Crippen LogP contribution in [0.5, 0.6) is 0 Å². The largest absolute Gasteiger partial charge is 0.676 e. The molecule has 0 amide bonds. The molecule has 0 bridgehead atoms. The van der Waals surface area contributed by atoms with Gasteiger partial charge < -0.3 is 15.2 Å². The minimum atomic E-state index is -4.83. The maximum absolute atomic E-state index is 13.3. The monoisotopic (exact) mass is 466 g/mol. The van der Waals surface area contributed by atoms with Crippen molar-refractivity contribution in [2.75, 3.05) is 13.2 Å². The number of benzene rings is 1. The van der Waals surface area contributed by atoms with Crippen LogP contribution in [0.3, 0.4) is 0 Å². The molecule has 1 aliphatic rings. The first-order valence-electron chi connectivity index (χ1n) is 9.76. The van der Waals surface area contributed by atoms with Crippen molar-refractivity contribution in [3.05, 3.63) is 76.3 Å². The van der Waals surface area contributed by atoms with Gasteiger partial charge in [-0.3, -0.25) is 0 Å². The molecule has 0 aliphatic heterocycles. The summed E-state index contributed by atoms with van der Waals surface area (Å²) < 4.78 is 104. The Kier molecular flexibility index (Phi) is 8.67. The molecule has 178 valence electrons. The molecule has 0 saturated heterocycles. The molecule has 0 spiro atoms. The van der Waals surface area contributed by atoms with Crippen LogP contribution in [-0.4, -0.2) is 37.9 Å². The van der Waals surface area contributed by atoms with Crippen LogP contribution in [0, 0.1) is 5.82 Å². The number of hydrogen-bond donors (Lipinski definition) is 0. The normalized spacial score (nSPS) is 18.2. The Morgan fingerprint density at radius 2 is 1.59 bits per heavy atom. The molecule has 0 unspecified atom stereocenters. The summed E-state index contributed by atoms with van der Waals surface area (Å²) in [4.78, 5) is 0. The Morgan fingerprint density at radius 1 is 0.969 bits per heavy atom. The summed E-state index contributed by atoms with van der Waals surface area (Å²) >= 11 is 0. The molecule has 1 aliphatic carbocycles. The predicted molar refractivity (Wildman–Crippen MR) is 105 cm³/mol. The van der Waals surface area contributed by atoms with Gasteiger partial charge in [0.15, 0.2) is 6.29 Å². The first-order chi connectivity index (χ1) is 14.8. The van der Waals surface area contributed by atoms with Gasteiger partial charge in [-0.2, -0.15) is 26.3 Å². The molecular weight excluding hydrogens is 443 g/mol. The van der Waals surface area contributed by atoms with Crippen molar-refractivity contribution in [3.63, 3.8) is 0 Å². The predicted octanol–water partition coefficient (Wildman–Crippen LogP) is 7.04. The van der Waals surface area contributed by atoms with E-state index in [4.69, 9.17) is 15.2 Å². The van der Waals surface area contributed by atoms with Gasteiger partial charge >= 0.3 is 12.4 Å². The minimum Gasteiger partial charge on any atom is -0.676 e. The van der Waals surface area contributed by atoms with Crippen LogP contribution in [0.2, 0.25) is 0 Å². The quantitative estimate of drug-likeness (QED) is 0.305. The van der Waals surface area contributed by atoms with Gasteiger partial charge in [-0.1, -0.05) is 25.1 Å². The Labute approximate surface area is 181 Å². The zero-order valence-corrected chi connectivity index (χ0v) is 17.4. The van der Waals surface area contributed by atoms with E-state index < -0.39 is 54.0 Å². The first-order valence-corrected chi connectivity index (χ1v) is 9.76. The van der Waals surface area contributed by atoms with E-state index in [-0.39, 0.29) is 18.7 Å². The van der Waals surface area contributed by atoms with Gasteiger partial charge in [-0.25, -0.2) is 4.39 Å². The van der Waals surface area contributed by atoms with Gasteiger partial charge in [-0.15, -0.1) is 6.54 Å². The fourth-order valence-electron chi connectivity index (χ4n) is 3.07. The maximum Gasteiger partial charge on any atom is 0.416 e. The molecular formula is C22H23F7NO2-. The molecule has 2 rings (SSSR count). The molecule has 0 saturated carbocycles. The number of halogens is 7. The second-order valence-electron chi connectivity index (χ2n) is 7.28. The topological polar surface area (TPSA) is 42.3 Å². The molecule has 3 atom stereocenters. The summed E-state index contributed by atoms with van der Waals surface area (Å²) in [6.45, 7) is 2.78. The van der Waals surface area contributed by atoms with Gasteiger partial charge in [0.05, 0.1) is 11.7 Å². The average Bonchev–Trinajstić information content (AvgIpc) is 2.94. The van der Waals surface area contributed by atoms with E-state index >= 15 is 0 Å². The van der Waals surface area contributed by atoms with Crippen LogP contribution >= 0.6 is 0 Å². The number of allylic oxidation sites excluding steroid dienone is 4. The second kappa shape index (κ2) is 10.6. The third-order valence-corrected chi connectivity index (χ3v) is 4.89. The lowest BCUT2D eigenvalue weighted by atomic mass is 10.00. The van der Waals surface area contributed by atoms with Crippen molar-refractivity contribution >= 4 is 0 Å². The van der Waals surface area contributed by atoms with Gasteiger partial charge in [0.2, 0.25) is 0 Å². The van der Waals surface area contributed by atoms with Gasteiger partial charge in [0.25, 0.3) is 0 Å². The summed E-state index contributed by atoms with van der Waals surface area (Å²) in [6.07, 6.45) is -11.1. The van der Waals surface area contributed by atoms with Crippen molar-refractivity contribution in [2.45, 2.75) is 50.9 Å². The lowest BCUT2D eigenvalue weighted by molar-refractivity contribution is -0.166. The maximum atomic E-state index is 13.3. The number of rotatable bonds is 8. The van der Waals surface area contributed by atoms with Crippen molar-refractivity contribution in [2.24, 2.45) is 0 Å². The summed E-state index contributed by atoms with van der Waals surface area (Å²) in [5.41, 5.74) is 5.20. The van der Waals surface area contributed by atoms with E-state index in [1.165, 1.54) is 31.2 Å². The second-order valence-corrected chi connectivity index (χ2v) is 7.28. The molecule has 0 fully saturated rings. The standard InChI is InChI=1S/C22H23F7NO2/c1-13(15-3-7-19(23)8-4-15)20(31-10-9-30)32-14(2)16-11-17(21(24,25)26)5-6-18(12-16)22(27,28)29/h3-5,7-8,11-14,20,30H,6,9-10H2,1-2H3/q-1/t13-,14-,20-/m1/s1. The first kappa shape index (κ1) is 26.1. The molecule has 0 heterocycles. The zero-order chi connectivity index (χ0) is 24.1. The Hall–Kier alpha value is -2.17. The highest BCUT2D eigenvalue weighted by Gasteiger charge is 2.38. The lowest BCUT2D eigenvalue weighted by Gasteiger charge is -2.29. The van der Waals surface area contributed by atoms with Crippen molar-refractivity contribution in [3.8, 4) is 0 Å². The van der Waals surface area contributed by atoms with E-state index in [0.29, 0.717) is 23.8 Å². The molecule has 1 aromatic rings. The van der Waals surface area contributed by atoms with E-state index in [2.05, 4.69) is 0 Å². The van der Waals surface area contributed by atoms with Crippen molar-refractivity contribution in [1.29, 1.82) is 0 Å². The number of alkyl halides is 6. The van der Waals surface area contributed by atoms with Crippen LogP contribution in [0.1, 0.15) is 31.7 Å². The lowest BCUT2D eigenvalue weighted by Crippen LogP contribution is -2.30. The van der Waals surface area contributed by atoms with Gasteiger partial charge in [0, 0.05) is 18.1 Å². The highest BCUT2D eigenvalue weighted by Crippen LogP contribution is 2.37. The van der Waals surface area contributed by atoms with E-state index in [9.17, 15) is 30.7 Å². The third-order valence-electron chi connectivity index (χ3n) is 4.89. The fourth-order valence-corrected chi connectivity index (χ4v) is 3.07. The molecule has 3 nitrogen and oxygen atoms in total. The van der Waals surface area contributed by atoms with Crippen LogP contribution in [-0.2, 0) is 9.47 Å². The summed E-state index contributed by atoms with van der Waals surface area (Å²) in [7, 11) is 0. The Balaban J connectivity index is 2.35. The van der Waals surface area contributed by atoms with Crippen molar-refractivity contribution < 1.29 is 40.2 Å². The van der Waals surface area contributed by atoms with E-state index in [0.717, 1.165) is 0 Å². The van der Waals surface area contributed by atoms with Gasteiger partial charge in [0.1, 0.15) is 5.82 Å². The third kappa shape index (κ3) is 7.18. The highest BCUT2D eigenvalue weighted by molar-refractivity contribution is 5.42. The molecule has 1 N–H and O–H groups in total.